The van der Waals surface area contributed by atoms with Crippen LogP contribution in [0.15, 0.2) is 60.7 Å². The van der Waals surface area contributed by atoms with Gasteiger partial charge < -0.3 is 14.4 Å². The average molecular weight is 508 g/mol. The van der Waals surface area contributed by atoms with Crippen LogP contribution in [0.5, 0.6) is 0 Å². The molecule has 0 aliphatic carbocycles. The number of methoxy groups -OCH3 is 2. The highest BCUT2D eigenvalue weighted by Gasteiger charge is 2.68. The molecule has 0 unspecified atom stereocenters. The summed E-state index contributed by atoms with van der Waals surface area (Å²) in [4.78, 5) is 56.7. The summed E-state index contributed by atoms with van der Waals surface area (Å²) in [7, 11) is 2.72. The van der Waals surface area contributed by atoms with Gasteiger partial charge in [-0.3, -0.25) is 29.4 Å². The molecule has 37 heavy (non-hydrogen) atoms. The van der Waals surface area contributed by atoms with Crippen molar-refractivity contribution in [2.45, 2.75) is 31.5 Å². The number of hydrogen-bond donors (Lipinski definition) is 1. The number of fused-ring (bicyclic) bond motifs is 1. The molecule has 0 radical (unpaired) electrons. The van der Waals surface area contributed by atoms with Gasteiger partial charge in [0, 0.05) is 32.7 Å². The third kappa shape index (κ3) is 5.01. The van der Waals surface area contributed by atoms with E-state index < -0.39 is 35.3 Å². The molecular weight excluding hydrogens is 474 g/mol. The first kappa shape index (κ1) is 26.5. The molecule has 0 bridgehead atoms. The zero-order valence-corrected chi connectivity index (χ0v) is 21.4. The lowest BCUT2D eigenvalue weighted by Gasteiger charge is -2.33. The maximum atomic E-state index is 13.9. The van der Waals surface area contributed by atoms with E-state index in [4.69, 9.17) is 9.47 Å². The number of rotatable bonds is 10. The highest BCUT2D eigenvalue weighted by molar-refractivity contribution is 6.09. The fraction of sp³-hybridized carbons (Fsp3) is 0.429. The van der Waals surface area contributed by atoms with Gasteiger partial charge in [0.25, 0.3) is 0 Å². The van der Waals surface area contributed by atoms with E-state index in [1.807, 2.05) is 67.6 Å². The van der Waals surface area contributed by atoms with Crippen molar-refractivity contribution in [3.8, 4) is 0 Å². The first-order valence-corrected chi connectivity index (χ1v) is 12.4. The zero-order chi connectivity index (χ0) is 26.6. The lowest BCUT2D eigenvalue weighted by molar-refractivity contribution is -0.154. The molecule has 0 saturated carbocycles. The van der Waals surface area contributed by atoms with E-state index in [-0.39, 0.29) is 37.9 Å². The smallest absolute Gasteiger partial charge is 0.327 e. The van der Waals surface area contributed by atoms with Crippen LogP contribution in [0.4, 0.5) is 0 Å². The van der Waals surface area contributed by atoms with Crippen molar-refractivity contribution in [1.82, 2.24) is 15.1 Å². The van der Waals surface area contributed by atoms with Crippen molar-refractivity contribution in [3.05, 3.63) is 71.8 Å². The van der Waals surface area contributed by atoms with Crippen LogP contribution < -0.4 is 5.32 Å². The second-order valence-electron chi connectivity index (χ2n) is 9.49. The Morgan fingerprint density at radius 2 is 1.59 bits per heavy atom. The third-order valence-corrected chi connectivity index (χ3v) is 7.33. The molecule has 3 amide bonds. The molecular formula is C28H33N3O6. The standard InChI is InChI=1S/C28H33N3O6/c1-4-30(22(32)18-36-2)17-21-23-24(26(34)31(25(23)33)16-20-13-9-6-10-14-20)28(29-21,27(35)37-3)15-19-11-7-5-8-12-19/h5-14,21,23-24,29H,4,15-18H2,1-3H3/t21-,23+,24-,28-/m1/s1. The quantitative estimate of drug-likeness (QED) is 0.383. The molecule has 2 heterocycles. The molecule has 4 atom stereocenters. The van der Waals surface area contributed by atoms with Crippen LogP contribution in [0, 0.1) is 11.8 Å². The van der Waals surface area contributed by atoms with Crippen molar-refractivity contribution < 1.29 is 28.7 Å². The van der Waals surface area contributed by atoms with Gasteiger partial charge in [-0.15, -0.1) is 0 Å². The molecule has 1 N–H and O–H groups in total. The minimum atomic E-state index is -1.46. The van der Waals surface area contributed by atoms with Gasteiger partial charge in [0.1, 0.15) is 12.1 Å². The Hall–Kier alpha value is -3.56. The number of nitrogens with zero attached hydrogens (tertiary/aromatic N) is 2. The van der Waals surface area contributed by atoms with Crippen molar-refractivity contribution in [1.29, 1.82) is 0 Å². The van der Waals surface area contributed by atoms with E-state index in [9.17, 15) is 19.2 Å². The average Bonchev–Trinajstić information content (AvgIpc) is 3.37. The van der Waals surface area contributed by atoms with Gasteiger partial charge in [-0.1, -0.05) is 60.7 Å². The molecule has 0 spiro atoms. The summed E-state index contributed by atoms with van der Waals surface area (Å²) in [5.74, 6) is -3.42. The number of imide groups is 1. The van der Waals surface area contributed by atoms with Crippen LogP contribution in [-0.2, 0) is 41.6 Å². The van der Waals surface area contributed by atoms with Gasteiger partial charge in [0.15, 0.2) is 0 Å². The topological polar surface area (TPSA) is 105 Å². The number of amides is 3. The van der Waals surface area contributed by atoms with Gasteiger partial charge in [0.2, 0.25) is 17.7 Å². The Labute approximate surface area is 216 Å². The number of carbonyl (C=O) groups is 4. The summed E-state index contributed by atoms with van der Waals surface area (Å²) in [5, 5.41) is 3.34. The number of hydrogen-bond acceptors (Lipinski definition) is 7. The molecule has 196 valence electrons. The molecule has 9 nitrogen and oxygen atoms in total. The fourth-order valence-corrected chi connectivity index (χ4v) is 5.64. The van der Waals surface area contributed by atoms with Crippen molar-refractivity contribution in [3.63, 3.8) is 0 Å². The fourth-order valence-electron chi connectivity index (χ4n) is 5.64. The van der Waals surface area contributed by atoms with Gasteiger partial charge in [0.05, 0.1) is 25.5 Å². The third-order valence-electron chi connectivity index (χ3n) is 7.33. The lowest BCUT2D eigenvalue weighted by Crippen LogP contribution is -2.60. The molecule has 9 heteroatoms. The van der Waals surface area contributed by atoms with E-state index in [0.29, 0.717) is 6.54 Å². The minimum absolute atomic E-state index is 0.103. The van der Waals surface area contributed by atoms with E-state index in [2.05, 4.69) is 5.32 Å². The Morgan fingerprint density at radius 3 is 2.16 bits per heavy atom. The maximum Gasteiger partial charge on any atom is 0.327 e. The van der Waals surface area contributed by atoms with Crippen LogP contribution in [0.3, 0.4) is 0 Å². The predicted octanol–water partition coefficient (Wildman–Crippen LogP) is 1.41. The minimum Gasteiger partial charge on any atom is -0.468 e. The molecule has 2 saturated heterocycles. The normalized spacial score (nSPS) is 24.7. The predicted molar refractivity (Wildman–Crippen MR) is 135 cm³/mol. The molecule has 2 aliphatic rings. The first-order chi connectivity index (χ1) is 17.9. The van der Waals surface area contributed by atoms with Gasteiger partial charge >= 0.3 is 5.97 Å². The van der Waals surface area contributed by atoms with Gasteiger partial charge in [-0.2, -0.15) is 0 Å². The van der Waals surface area contributed by atoms with Crippen molar-refractivity contribution in [2.24, 2.45) is 11.8 Å². The van der Waals surface area contributed by atoms with E-state index in [1.165, 1.54) is 19.1 Å². The summed E-state index contributed by atoms with van der Waals surface area (Å²) in [6, 6.07) is 18.0. The van der Waals surface area contributed by atoms with Crippen LogP contribution in [0.2, 0.25) is 0 Å². The van der Waals surface area contributed by atoms with E-state index in [0.717, 1.165) is 11.1 Å². The SMILES string of the molecule is CCN(C[C@H]1N[C@@](Cc2ccccc2)(C(=O)OC)[C@H]2C(=O)N(Cc3ccccc3)C(=O)[C@@H]12)C(=O)COC. The number of nitrogens with one attached hydrogen (secondary N) is 1. The van der Waals surface area contributed by atoms with Crippen LogP contribution >= 0.6 is 0 Å². The number of likely N-dealkylation sites (tertiary alicyclic amines) is 1. The highest BCUT2D eigenvalue weighted by atomic mass is 16.5. The Kier molecular flexibility index (Phi) is 8.04. The number of esters is 1. The monoisotopic (exact) mass is 507 g/mol. The second kappa shape index (κ2) is 11.2. The summed E-state index contributed by atoms with van der Waals surface area (Å²) < 4.78 is 10.3. The summed E-state index contributed by atoms with van der Waals surface area (Å²) in [6.45, 7) is 2.37. The first-order valence-electron chi connectivity index (χ1n) is 12.4. The van der Waals surface area contributed by atoms with Crippen LogP contribution in [-0.4, -0.2) is 79.0 Å². The molecule has 2 aromatic carbocycles. The number of likely N-dealkylation sites (N-methyl/N-ethyl adjacent to an activating group) is 1. The summed E-state index contributed by atoms with van der Waals surface area (Å²) in [6.07, 6.45) is 0.161. The Balaban J connectivity index is 1.76. The van der Waals surface area contributed by atoms with Crippen LogP contribution in [0.25, 0.3) is 0 Å². The van der Waals surface area contributed by atoms with Gasteiger partial charge in [-0.05, 0) is 18.1 Å². The van der Waals surface area contributed by atoms with Crippen molar-refractivity contribution >= 4 is 23.7 Å². The summed E-state index contributed by atoms with van der Waals surface area (Å²) >= 11 is 0. The van der Waals surface area contributed by atoms with Crippen LogP contribution in [0.1, 0.15) is 18.1 Å². The molecule has 2 fully saturated rings. The zero-order valence-electron chi connectivity index (χ0n) is 21.4. The number of ether oxygens (including phenoxy) is 2. The molecule has 2 aliphatic heterocycles. The molecule has 0 aromatic heterocycles. The second-order valence-corrected chi connectivity index (χ2v) is 9.49. The largest absolute Gasteiger partial charge is 0.468 e. The number of carbonyl (C=O) groups excluding carboxylic acids is 4. The van der Waals surface area contributed by atoms with Gasteiger partial charge in [-0.25, -0.2) is 0 Å². The van der Waals surface area contributed by atoms with E-state index in [1.54, 1.807) is 4.90 Å². The summed E-state index contributed by atoms with van der Waals surface area (Å²) in [5.41, 5.74) is 0.170. The Morgan fingerprint density at radius 1 is 0.973 bits per heavy atom. The molecule has 4 rings (SSSR count). The van der Waals surface area contributed by atoms with Crippen molar-refractivity contribution in [2.75, 3.05) is 33.9 Å². The Bertz CT molecular complexity index is 1140. The highest BCUT2D eigenvalue weighted by Crippen LogP contribution is 2.45. The molecule has 2 aromatic rings. The lowest BCUT2D eigenvalue weighted by atomic mass is 9.76. The maximum absolute atomic E-state index is 13.9. The number of benzene rings is 2. The van der Waals surface area contributed by atoms with E-state index >= 15 is 0 Å².